The van der Waals surface area contributed by atoms with Crippen LogP contribution in [0, 0.1) is 5.92 Å². The highest BCUT2D eigenvalue weighted by molar-refractivity contribution is 9.10. The smallest absolute Gasteiger partial charge is 0.0175 e. The van der Waals surface area contributed by atoms with Gasteiger partial charge >= 0.3 is 0 Å². The third-order valence-corrected chi connectivity index (χ3v) is 3.06. The van der Waals surface area contributed by atoms with Crippen molar-refractivity contribution >= 4 is 15.9 Å². The average molecular weight is 256 g/mol. The summed E-state index contributed by atoms with van der Waals surface area (Å²) in [6.45, 7) is 5.58. The first-order valence-electron chi connectivity index (χ1n) is 5.05. The van der Waals surface area contributed by atoms with Gasteiger partial charge in [-0.15, -0.1) is 0 Å². The van der Waals surface area contributed by atoms with Gasteiger partial charge in [-0.2, -0.15) is 0 Å². The Bertz CT molecular complexity index is 266. The lowest BCUT2D eigenvalue weighted by Crippen LogP contribution is -2.21. The largest absolute Gasteiger partial charge is 0.319 e. The molecule has 1 aromatic rings. The molecule has 0 aliphatic heterocycles. The number of hydrogen-bond acceptors (Lipinski definition) is 1. The highest BCUT2D eigenvalue weighted by atomic mass is 79.9. The Morgan fingerprint density at radius 2 is 1.79 bits per heavy atom. The fraction of sp³-hybridized carbons (Fsp3) is 0.500. The molecule has 2 heteroatoms. The molecule has 0 spiro atoms. The fourth-order valence-electron chi connectivity index (χ4n) is 1.67. The number of benzene rings is 1. The third kappa shape index (κ3) is 3.10. The highest BCUT2D eigenvalue weighted by Gasteiger charge is 2.14. The lowest BCUT2D eigenvalue weighted by Gasteiger charge is -2.20. The van der Waals surface area contributed by atoms with E-state index in [1.54, 1.807) is 0 Å². The Balaban J connectivity index is 2.82. The Hall–Kier alpha value is -0.340. The molecule has 1 N–H and O–H groups in total. The minimum absolute atomic E-state index is 0.605. The molecule has 78 valence electrons. The van der Waals surface area contributed by atoms with Crippen molar-refractivity contribution in [1.82, 2.24) is 5.32 Å². The average Bonchev–Trinajstić information content (AvgIpc) is 2.15. The van der Waals surface area contributed by atoms with Gasteiger partial charge in [-0.05, 0) is 36.6 Å². The van der Waals surface area contributed by atoms with Gasteiger partial charge in [0.15, 0.2) is 0 Å². The van der Waals surface area contributed by atoms with Gasteiger partial charge in [0.25, 0.3) is 0 Å². The molecule has 0 saturated carbocycles. The molecule has 0 bridgehead atoms. The maximum atomic E-state index is 3.45. The standard InChI is InChI=1S/C12H18BrN/c1-9(2)12(8-14-3)10-4-6-11(13)7-5-10/h4-7,9,12,14H,8H2,1-3H3. The molecule has 0 saturated heterocycles. The lowest BCUT2D eigenvalue weighted by atomic mass is 9.88. The van der Waals surface area contributed by atoms with E-state index in [-0.39, 0.29) is 0 Å². The van der Waals surface area contributed by atoms with E-state index in [4.69, 9.17) is 0 Å². The molecule has 0 heterocycles. The summed E-state index contributed by atoms with van der Waals surface area (Å²) in [5, 5.41) is 3.25. The second-order valence-corrected chi connectivity index (χ2v) is 4.88. The van der Waals surface area contributed by atoms with Crippen LogP contribution in [0.2, 0.25) is 0 Å². The van der Waals surface area contributed by atoms with Crippen LogP contribution in [-0.2, 0) is 0 Å². The predicted molar refractivity (Wildman–Crippen MR) is 65.6 cm³/mol. The zero-order chi connectivity index (χ0) is 10.6. The van der Waals surface area contributed by atoms with E-state index in [0.717, 1.165) is 11.0 Å². The summed E-state index contributed by atoms with van der Waals surface area (Å²) in [7, 11) is 2.01. The first-order chi connectivity index (χ1) is 6.65. The van der Waals surface area contributed by atoms with Crippen LogP contribution in [0.4, 0.5) is 0 Å². The molecule has 1 aromatic carbocycles. The third-order valence-electron chi connectivity index (χ3n) is 2.53. The van der Waals surface area contributed by atoms with Crippen molar-refractivity contribution in [1.29, 1.82) is 0 Å². The maximum Gasteiger partial charge on any atom is 0.0175 e. The summed E-state index contributed by atoms with van der Waals surface area (Å²) in [5.74, 6) is 1.27. The summed E-state index contributed by atoms with van der Waals surface area (Å²) >= 11 is 3.45. The lowest BCUT2D eigenvalue weighted by molar-refractivity contribution is 0.478. The molecule has 1 unspecified atom stereocenters. The quantitative estimate of drug-likeness (QED) is 0.870. The number of halogens is 1. The summed E-state index contributed by atoms with van der Waals surface area (Å²) in [4.78, 5) is 0. The van der Waals surface area contributed by atoms with E-state index in [1.807, 2.05) is 7.05 Å². The molecular weight excluding hydrogens is 238 g/mol. The summed E-state index contributed by atoms with van der Waals surface area (Å²) in [5.41, 5.74) is 1.41. The molecule has 0 aliphatic carbocycles. The van der Waals surface area contributed by atoms with Crippen LogP contribution in [0.25, 0.3) is 0 Å². The fourth-order valence-corrected chi connectivity index (χ4v) is 1.93. The number of hydrogen-bond donors (Lipinski definition) is 1. The second-order valence-electron chi connectivity index (χ2n) is 3.96. The molecule has 0 aliphatic rings. The topological polar surface area (TPSA) is 12.0 Å². The second kappa shape index (κ2) is 5.52. The van der Waals surface area contributed by atoms with Crippen molar-refractivity contribution in [2.45, 2.75) is 19.8 Å². The zero-order valence-corrected chi connectivity index (χ0v) is 10.6. The molecule has 1 atom stereocenters. The Labute approximate surface area is 95.0 Å². The zero-order valence-electron chi connectivity index (χ0n) is 9.05. The van der Waals surface area contributed by atoms with E-state index >= 15 is 0 Å². The van der Waals surface area contributed by atoms with E-state index in [0.29, 0.717) is 11.8 Å². The summed E-state index contributed by atoms with van der Waals surface area (Å²) < 4.78 is 1.15. The van der Waals surface area contributed by atoms with Crippen LogP contribution in [-0.4, -0.2) is 13.6 Å². The summed E-state index contributed by atoms with van der Waals surface area (Å²) in [6.07, 6.45) is 0. The Morgan fingerprint density at radius 1 is 1.21 bits per heavy atom. The maximum absolute atomic E-state index is 3.45. The normalized spacial score (nSPS) is 13.2. The van der Waals surface area contributed by atoms with E-state index in [1.165, 1.54) is 5.56 Å². The molecule has 1 rings (SSSR count). The monoisotopic (exact) mass is 255 g/mol. The molecule has 0 fully saturated rings. The molecule has 0 amide bonds. The minimum Gasteiger partial charge on any atom is -0.319 e. The van der Waals surface area contributed by atoms with Crippen LogP contribution in [0.5, 0.6) is 0 Å². The van der Waals surface area contributed by atoms with Crippen molar-refractivity contribution in [3.8, 4) is 0 Å². The van der Waals surface area contributed by atoms with Crippen LogP contribution in [0.15, 0.2) is 28.7 Å². The van der Waals surface area contributed by atoms with Crippen molar-refractivity contribution in [3.05, 3.63) is 34.3 Å². The van der Waals surface area contributed by atoms with Gasteiger partial charge in [-0.1, -0.05) is 41.9 Å². The van der Waals surface area contributed by atoms with Crippen LogP contribution in [0.1, 0.15) is 25.3 Å². The van der Waals surface area contributed by atoms with Gasteiger partial charge in [0.2, 0.25) is 0 Å². The summed E-state index contributed by atoms with van der Waals surface area (Å²) in [6, 6.07) is 8.62. The first-order valence-corrected chi connectivity index (χ1v) is 5.84. The molecular formula is C12H18BrN. The Morgan fingerprint density at radius 3 is 2.21 bits per heavy atom. The molecule has 0 aromatic heterocycles. The van der Waals surface area contributed by atoms with Crippen LogP contribution < -0.4 is 5.32 Å². The molecule has 14 heavy (non-hydrogen) atoms. The van der Waals surface area contributed by atoms with Crippen molar-refractivity contribution < 1.29 is 0 Å². The first kappa shape index (κ1) is 11.7. The minimum atomic E-state index is 0.605. The van der Waals surface area contributed by atoms with Gasteiger partial charge < -0.3 is 5.32 Å². The number of rotatable bonds is 4. The molecule has 1 nitrogen and oxygen atoms in total. The van der Waals surface area contributed by atoms with Crippen molar-refractivity contribution in [2.75, 3.05) is 13.6 Å². The van der Waals surface area contributed by atoms with Gasteiger partial charge in [0.05, 0.1) is 0 Å². The van der Waals surface area contributed by atoms with Gasteiger partial charge in [0.1, 0.15) is 0 Å². The number of likely N-dealkylation sites (N-methyl/N-ethyl adjacent to an activating group) is 1. The van der Waals surface area contributed by atoms with Crippen LogP contribution in [0.3, 0.4) is 0 Å². The van der Waals surface area contributed by atoms with Crippen LogP contribution >= 0.6 is 15.9 Å². The molecule has 0 radical (unpaired) electrons. The van der Waals surface area contributed by atoms with E-state index in [9.17, 15) is 0 Å². The van der Waals surface area contributed by atoms with Crippen molar-refractivity contribution in [3.63, 3.8) is 0 Å². The van der Waals surface area contributed by atoms with Gasteiger partial charge in [0, 0.05) is 11.0 Å². The highest BCUT2D eigenvalue weighted by Crippen LogP contribution is 2.24. The SMILES string of the molecule is CNCC(c1ccc(Br)cc1)C(C)C. The van der Waals surface area contributed by atoms with E-state index < -0.39 is 0 Å². The van der Waals surface area contributed by atoms with Gasteiger partial charge in [-0.25, -0.2) is 0 Å². The number of nitrogens with one attached hydrogen (secondary N) is 1. The van der Waals surface area contributed by atoms with Crippen molar-refractivity contribution in [2.24, 2.45) is 5.92 Å². The van der Waals surface area contributed by atoms with Gasteiger partial charge in [-0.3, -0.25) is 0 Å². The predicted octanol–water partition coefficient (Wildman–Crippen LogP) is 3.41. The Kier molecular flexibility index (Phi) is 4.63. The van der Waals surface area contributed by atoms with E-state index in [2.05, 4.69) is 59.4 Å².